The first-order valence-corrected chi connectivity index (χ1v) is 13.9. The number of ether oxygens (including phenoxy) is 1. The molecule has 1 aromatic carbocycles. The summed E-state index contributed by atoms with van der Waals surface area (Å²) in [5.41, 5.74) is 0.567. The number of benzene rings is 1. The van der Waals surface area contributed by atoms with Gasteiger partial charge in [-0.15, -0.1) is 0 Å². The average Bonchev–Trinajstić information content (AvgIpc) is 3.15. The van der Waals surface area contributed by atoms with Gasteiger partial charge < -0.3 is 15.0 Å². The smallest absolute Gasteiger partial charge is 0.243 e. The van der Waals surface area contributed by atoms with Gasteiger partial charge in [-0.25, -0.2) is 8.42 Å². The minimum Gasteiger partial charge on any atom is -0.379 e. The van der Waals surface area contributed by atoms with Gasteiger partial charge in [0.25, 0.3) is 0 Å². The Morgan fingerprint density at radius 2 is 1.50 bits per heavy atom. The lowest BCUT2D eigenvalue weighted by molar-refractivity contribution is -0.137. The van der Waals surface area contributed by atoms with Crippen molar-refractivity contribution in [3.63, 3.8) is 0 Å². The molecule has 0 spiro atoms. The fourth-order valence-corrected chi connectivity index (χ4v) is 6.35. The monoisotopic (exact) mass is 492 g/mol. The van der Waals surface area contributed by atoms with Crippen LogP contribution in [0.1, 0.15) is 38.5 Å². The summed E-state index contributed by atoms with van der Waals surface area (Å²) in [5, 5.41) is 2.86. The fraction of sp³-hybridized carbons (Fsp3) is 0.667. The molecule has 0 aliphatic carbocycles. The van der Waals surface area contributed by atoms with E-state index in [1.807, 2.05) is 4.90 Å². The van der Waals surface area contributed by atoms with Crippen molar-refractivity contribution in [2.45, 2.75) is 43.4 Å². The van der Waals surface area contributed by atoms with Gasteiger partial charge in [0.05, 0.1) is 24.7 Å². The van der Waals surface area contributed by atoms with E-state index in [4.69, 9.17) is 4.74 Å². The summed E-state index contributed by atoms with van der Waals surface area (Å²) in [7, 11) is -3.55. The molecule has 4 rings (SSSR count). The zero-order chi connectivity index (χ0) is 24.0. The molecule has 0 aromatic heterocycles. The molecule has 9 nitrogen and oxygen atoms in total. The number of rotatable bonds is 6. The predicted octanol–water partition coefficient (Wildman–Crippen LogP) is 1.76. The van der Waals surface area contributed by atoms with Gasteiger partial charge in [0.15, 0.2) is 0 Å². The topological polar surface area (TPSA) is 99.3 Å². The van der Waals surface area contributed by atoms with Crippen LogP contribution in [0.4, 0.5) is 5.69 Å². The third kappa shape index (κ3) is 6.35. The van der Waals surface area contributed by atoms with Gasteiger partial charge in [0.2, 0.25) is 21.8 Å². The van der Waals surface area contributed by atoms with Crippen molar-refractivity contribution in [3.05, 3.63) is 24.3 Å². The third-order valence-corrected chi connectivity index (χ3v) is 8.88. The molecule has 0 atom stereocenters. The second kappa shape index (κ2) is 11.6. The van der Waals surface area contributed by atoms with Gasteiger partial charge in [-0.1, -0.05) is 12.8 Å². The molecule has 3 saturated heterocycles. The van der Waals surface area contributed by atoms with Crippen LogP contribution in [0, 0.1) is 5.92 Å². The maximum atomic E-state index is 12.9. The van der Waals surface area contributed by atoms with E-state index in [0.29, 0.717) is 32.0 Å². The van der Waals surface area contributed by atoms with E-state index in [1.165, 1.54) is 29.3 Å². The lowest BCUT2D eigenvalue weighted by Gasteiger charge is -2.33. The van der Waals surface area contributed by atoms with Crippen LogP contribution in [0.2, 0.25) is 0 Å². The Morgan fingerprint density at radius 3 is 2.12 bits per heavy atom. The Hall–Kier alpha value is -2.01. The molecule has 3 aliphatic rings. The van der Waals surface area contributed by atoms with Crippen LogP contribution in [-0.4, -0.2) is 93.4 Å². The highest BCUT2D eigenvalue weighted by Gasteiger charge is 2.30. The Kier molecular flexibility index (Phi) is 8.57. The first kappa shape index (κ1) is 25.1. The number of piperidine rings is 1. The molecule has 0 saturated carbocycles. The lowest BCUT2D eigenvalue weighted by Crippen LogP contribution is -2.44. The van der Waals surface area contributed by atoms with E-state index in [-0.39, 0.29) is 29.2 Å². The fourth-order valence-electron chi connectivity index (χ4n) is 4.94. The van der Waals surface area contributed by atoms with Gasteiger partial charge in [-0.05, 0) is 63.0 Å². The molecule has 3 fully saturated rings. The molecule has 0 unspecified atom stereocenters. The molecule has 1 aromatic rings. The Morgan fingerprint density at radius 1 is 0.882 bits per heavy atom. The number of anilines is 1. The highest BCUT2D eigenvalue weighted by atomic mass is 32.2. The van der Waals surface area contributed by atoms with Crippen molar-refractivity contribution in [1.29, 1.82) is 0 Å². The zero-order valence-electron chi connectivity index (χ0n) is 19.8. The van der Waals surface area contributed by atoms with Crippen molar-refractivity contribution in [2.75, 3.05) is 64.3 Å². The van der Waals surface area contributed by atoms with Crippen molar-refractivity contribution in [2.24, 2.45) is 5.92 Å². The van der Waals surface area contributed by atoms with E-state index >= 15 is 0 Å². The van der Waals surface area contributed by atoms with E-state index < -0.39 is 10.0 Å². The SMILES string of the molecule is O=C(CN1CCC(C(=O)N2CCCCCC2)CC1)Nc1ccc(S(=O)(=O)N2CCOCC2)cc1. The van der Waals surface area contributed by atoms with E-state index in [2.05, 4.69) is 10.2 Å². The van der Waals surface area contributed by atoms with Gasteiger partial charge in [-0.3, -0.25) is 14.5 Å². The van der Waals surface area contributed by atoms with Gasteiger partial charge >= 0.3 is 0 Å². The molecule has 188 valence electrons. The maximum Gasteiger partial charge on any atom is 0.243 e. The number of carbonyl (C=O) groups excluding carboxylic acids is 2. The van der Waals surface area contributed by atoms with Gasteiger partial charge in [-0.2, -0.15) is 4.31 Å². The summed E-state index contributed by atoms with van der Waals surface area (Å²) >= 11 is 0. The first-order chi connectivity index (χ1) is 16.4. The van der Waals surface area contributed by atoms with Crippen LogP contribution in [0.15, 0.2) is 29.2 Å². The highest BCUT2D eigenvalue weighted by molar-refractivity contribution is 7.89. The number of nitrogens with zero attached hydrogens (tertiary/aromatic N) is 3. The quantitative estimate of drug-likeness (QED) is 0.650. The molecule has 2 amide bonds. The van der Waals surface area contributed by atoms with Crippen LogP contribution in [-0.2, 0) is 24.3 Å². The third-order valence-electron chi connectivity index (χ3n) is 6.97. The van der Waals surface area contributed by atoms with E-state index in [9.17, 15) is 18.0 Å². The molecule has 3 heterocycles. The molecule has 3 aliphatic heterocycles. The molecule has 0 bridgehead atoms. The van der Waals surface area contributed by atoms with Crippen LogP contribution < -0.4 is 5.32 Å². The van der Waals surface area contributed by atoms with E-state index in [0.717, 1.165) is 51.9 Å². The van der Waals surface area contributed by atoms with Crippen molar-refractivity contribution in [1.82, 2.24) is 14.1 Å². The first-order valence-electron chi connectivity index (χ1n) is 12.4. The average molecular weight is 493 g/mol. The highest BCUT2D eigenvalue weighted by Crippen LogP contribution is 2.22. The Balaban J connectivity index is 1.23. The standard InChI is InChI=1S/C24H36N4O5S/c29-23(19-26-13-9-20(10-14-26)24(30)27-11-3-1-2-4-12-27)25-21-5-7-22(8-6-21)34(31,32)28-15-17-33-18-16-28/h5-8,20H,1-4,9-19H2,(H,25,29). The number of morpholine rings is 1. The minimum absolute atomic E-state index is 0.0679. The van der Waals surface area contributed by atoms with Crippen molar-refractivity contribution in [3.8, 4) is 0 Å². The number of sulfonamides is 1. The molecule has 0 radical (unpaired) electrons. The van der Waals surface area contributed by atoms with Crippen LogP contribution >= 0.6 is 0 Å². The zero-order valence-corrected chi connectivity index (χ0v) is 20.6. The molecular formula is C24H36N4O5S. The van der Waals surface area contributed by atoms with Gasteiger partial charge in [0, 0.05) is 37.8 Å². The van der Waals surface area contributed by atoms with Gasteiger partial charge in [0.1, 0.15) is 0 Å². The van der Waals surface area contributed by atoms with E-state index in [1.54, 1.807) is 12.1 Å². The van der Waals surface area contributed by atoms with Crippen LogP contribution in [0.5, 0.6) is 0 Å². The molecule has 10 heteroatoms. The lowest BCUT2D eigenvalue weighted by atomic mass is 9.95. The maximum absolute atomic E-state index is 12.9. The second-order valence-corrected chi connectivity index (χ2v) is 11.3. The normalized spacial score (nSPS) is 21.7. The number of hydrogen-bond donors (Lipinski definition) is 1. The second-order valence-electron chi connectivity index (χ2n) is 9.38. The summed E-state index contributed by atoms with van der Waals surface area (Å²) in [4.78, 5) is 29.7. The van der Waals surface area contributed by atoms with Crippen LogP contribution in [0.25, 0.3) is 0 Å². The van der Waals surface area contributed by atoms with Crippen molar-refractivity contribution < 1.29 is 22.7 Å². The summed E-state index contributed by atoms with van der Waals surface area (Å²) < 4.78 is 32.1. The Labute approximate surface area is 202 Å². The number of carbonyl (C=O) groups is 2. The van der Waals surface area contributed by atoms with Crippen molar-refractivity contribution >= 4 is 27.5 Å². The Bertz CT molecular complexity index is 931. The number of nitrogens with one attached hydrogen (secondary N) is 1. The largest absolute Gasteiger partial charge is 0.379 e. The summed E-state index contributed by atoms with van der Waals surface area (Å²) in [5.74, 6) is 0.220. The number of hydrogen-bond acceptors (Lipinski definition) is 6. The predicted molar refractivity (Wildman–Crippen MR) is 129 cm³/mol. The minimum atomic E-state index is -3.55. The van der Waals surface area contributed by atoms with Crippen LogP contribution in [0.3, 0.4) is 0 Å². The summed E-state index contributed by atoms with van der Waals surface area (Å²) in [6, 6.07) is 6.30. The molecule has 1 N–H and O–H groups in total. The molecular weight excluding hydrogens is 456 g/mol. The summed E-state index contributed by atoms with van der Waals surface area (Å²) in [6.45, 7) is 4.99. The number of likely N-dealkylation sites (tertiary alicyclic amines) is 2. The number of amides is 2. The summed E-state index contributed by atoms with van der Waals surface area (Å²) in [6.07, 6.45) is 6.21. The molecule has 34 heavy (non-hydrogen) atoms.